The summed E-state index contributed by atoms with van der Waals surface area (Å²) in [5.74, 6) is -0.0530. The summed E-state index contributed by atoms with van der Waals surface area (Å²) >= 11 is 3.23. The first-order chi connectivity index (χ1) is 8.62. The molecule has 0 aromatic heterocycles. The van der Waals surface area contributed by atoms with Crippen LogP contribution in [0.5, 0.6) is 0 Å². The van der Waals surface area contributed by atoms with Crippen molar-refractivity contribution in [3.63, 3.8) is 0 Å². The molecular formula is C12H17BrN2O3S. The average Bonchev–Trinajstić information content (AvgIpc) is 2.27. The lowest BCUT2D eigenvalue weighted by atomic mass is 10.1. The van der Waals surface area contributed by atoms with Gasteiger partial charge in [-0.3, -0.25) is 4.79 Å². The summed E-state index contributed by atoms with van der Waals surface area (Å²) in [6.45, 7) is 5.86. The molecule has 1 amide bonds. The molecule has 0 spiro atoms. The van der Waals surface area contributed by atoms with E-state index in [2.05, 4.69) is 21.2 Å². The molecule has 0 heterocycles. The van der Waals surface area contributed by atoms with Gasteiger partial charge < -0.3 is 5.32 Å². The van der Waals surface area contributed by atoms with Crippen LogP contribution in [-0.4, -0.2) is 20.4 Å². The van der Waals surface area contributed by atoms with E-state index in [1.165, 1.54) is 18.2 Å². The van der Waals surface area contributed by atoms with Crippen molar-refractivity contribution in [3.8, 4) is 0 Å². The van der Waals surface area contributed by atoms with Crippen molar-refractivity contribution in [3.05, 3.63) is 28.2 Å². The zero-order valence-corrected chi connectivity index (χ0v) is 13.4. The first-order valence-electron chi connectivity index (χ1n) is 5.76. The Balaban J connectivity index is 3.10. The first-order valence-corrected chi connectivity index (χ1v) is 8.10. The number of nitrogens with one attached hydrogen (secondary N) is 1. The highest BCUT2D eigenvalue weighted by Gasteiger charge is 2.18. The van der Waals surface area contributed by atoms with Crippen molar-refractivity contribution in [2.45, 2.75) is 31.7 Å². The van der Waals surface area contributed by atoms with Crippen LogP contribution in [0.3, 0.4) is 0 Å². The lowest BCUT2D eigenvalue weighted by Crippen LogP contribution is -2.36. The second-order valence-corrected chi connectivity index (χ2v) is 7.11. The van der Waals surface area contributed by atoms with Crippen LogP contribution in [0.25, 0.3) is 0 Å². The van der Waals surface area contributed by atoms with E-state index in [-0.39, 0.29) is 28.3 Å². The number of halogens is 1. The number of amides is 1. The summed E-state index contributed by atoms with van der Waals surface area (Å²) in [6, 6.07) is 4.09. The normalized spacial score (nSPS) is 13.4. The third kappa shape index (κ3) is 4.29. The second-order valence-electron chi connectivity index (χ2n) is 4.69. The summed E-state index contributed by atoms with van der Waals surface area (Å²) in [7, 11) is -3.82. The molecule has 0 unspecified atom stereocenters. The van der Waals surface area contributed by atoms with E-state index in [9.17, 15) is 13.2 Å². The Morgan fingerprint density at radius 2 is 1.89 bits per heavy atom. The van der Waals surface area contributed by atoms with E-state index in [0.717, 1.165) is 0 Å². The van der Waals surface area contributed by atoms with Gasteiger partial charge in [-0.1, -0.05) is 13.8 Å². The number of carbonyl (C=O) groups is 1. The molecule has 3 N–H and O–H groups in total. The number of carbonyl (C=O) groups excluding carboxylic acids is 1. The van der Waals surface area contributed by atoms with Gasteiger partial charge in [-0.15, -0.1) is 0 Å². The molecule has 0 bridgehead atoms. The van der Waals surface area contributed by atoms with Crippen LogP contribution in [0.4, 0.5) is 0 Å². The first kappa shape index (κ1) is 16.1. The lowest BCUT2D eigenvalue weighted by Gasteiger charge is -2.18. The van der Waals surface area contributed by atoms with Crippen LogP contribution in [0.2, 0.25) is 0 Å². The van der Waals surface area contributed by atoms with Gasteiger partial charge in [-0.2, -0.15) is 0 Å². The second kappa shape index (κ2) is 6.02. The minimum atomic E-state index is -3.82. The fraction of sp³-hybridized carbons (Fsp3) is 0.417. The summed E-state index contributed by atoms with van der Waals surface area (Å²) in [5, 5.41) is 7.86. The summed E-state index contributed by atoms with van der Waals surface area (Å²) in [6.07, 6.45) is 0. The Morgan fingerprint density at radius 1 is 1.32 bits per heavy atom. The molecule has 1 rings (SSSR count). The third-order valence-electron chi connectivity index (χ3n) is 2.87. The highest BCUT2D eigenvalue weighted by molar-refractivity contribution is 9.10. The molecule has 0 aliphatic carbocycles. The maximum Gasteiger partial charge on any atom is 0.252 e. The number of primary sulfonamides is 1. The van der Waals surface area contributed by atoms with Crippen LogP contribution < -0.4 is 10.5 Å². The largest absolute Gasteiger partial charge is 0.349 e. The van der Waals surface area contributed by atoms with Crippen LogP contribution in [-0.2, 0) is 10.0 Å². The van der Waals surface area contributed by atoms with Crippen molar-refractivity contribution in [1.82, 2.24) is 5.32 Å². The van der Waals surface area contributed by atoms with Gasteiger partial charge >= 0.3 is 0 Å². The molecule has 0 fully saturated rings. The smallest absolute Gasteiger partial charge is 0.252 e. The number of rotatable bonds is 4. The van der Waals surface area contributed by atoms with Gasteiger partial charge in [0.05, 0.1) is 10.5 Å². The molecule has 7 heteroatoms. The Bertz CT molecular complexity index is 585. The molecule has 0 saturated heterocycles. The molecule has 0 saturated carbocycles. The quantitative estimate of drug-likeness (QED) is 0.870. The van der Waals surface area contributed by atoms with Gasteiger partial charge in [0, 0.05) is 10.5 Å². The lowest BCUT2D eigenvalue weighted by molar-refractivity contribution is 0.0929. The Labute approximate surface area is 121 Å². The van der Waals surface area contributed by atoms with Gasteiger partial charge in [-0.05, 0) is 47.0 Å². The van der Waals surface area contributed by atoms with Gasteiger partial charge in [0.15, 0.2) is 0 Å². The molecule has 0 radical (unpaired) electrons. The summed E-state index contributed by atoms with van der Waals surface area (Å²) in [5.41, 5.74) is 0.249. The van der Waals surface area contributed by atoms with E-state index in [1.54, 1.807) is 0 Å². The highest BCUT2D eigenvalue weighted by atomic mass is 79.9. The Morgan fingerprint density at radius 3 is 2.37 bits per heavy atom. The highest BCUT2D eigenvalue weighted by Crippen LogP contribution is 2.20. The maximum absolute atomic E-state index is 12.1. The Hall–Kier alpha value is -0.920. The molecule has 5 nitrogen and oxygen atoms in total. The van der Waals surface area contributed by atoms with Gasteiger partial charge in [-0.25, -0.2) is 13.6 Å². The molecule has 106 valence electrons. The fourth-order valence-electron chi connectivity index (χ4n) is 1.31. The summed E-state index contributed by atoms with van der Waals surface area (Å²) < 4.78 is 23.1. The maximum atomic E-state index is 12.1. The van der Waals surface area contributed by atoms with Gasteiger partial charge in [0.2, 0.25) is 10.0 Å². The minimum absolute atomic E-state index is 0.0162. The van der Waals surface area contributed by atoms with Crippen LogP contribution in [0, 0.1) is 5.92 Å². The number of benzene rings is 1. The zero-order chi connectivity index (χ0) is 14.8. The fourth-order valence-corrected chi connectivity index (χ4v) is 2.27. The van der Waals surface area contributed by atoms with Gasteiger partial charge in [0.1, 0.15) is 0 Å². The molecule has 1 aromatic rings. The number of nitrogens with two attached hydrogens (primary N) is 1. The molecule has 1 aromatic carbocycles. The molecular weight excluding hydrogens is 332 g/mol. The van der Waals surface area contributed by atoms with E-state index in [4.69, 9.17) is 5.14 Å². The average molecular weight is 349 g/mol. The molecule has 0 aliphatic heterocycles. The van der Waals surface area contributed by atoms with Crippen molar-refractivity contribution >= 4 is 31.9 Å². The number of hydrogen-bond donors (Lipinski definition) is 2. The molecule has 0 aliphatic rings. The van der Waals surface area contributed by atoms with Crippen LogP contribution in [0.15, 0.2) is 27.6 Å². The molecule has 19 heavy (non-hydrogen) atoms. The Kier molecular flexibility index (Phi) is 5.11. The monoisotopic (exact) mass is 348 g/mol. The van der Waals surface area contributed by atoms with Gasteiger partial charge in [0.25, 0.3) is 5.91 Å². The predicted molar refractivity (Wildman–Crippen MR) is 77.3 cm³/mol. The van der Waals surface area contributed by atoms with Crippen molar-refractivity contribution < 1.29 is 13.2 Å². The predicted octanol–water partition coefficient (Wildman–Crippen LogP) is 1.87. The third-order valence-corrected chi connectivity index (χ3v) is 4.47. The standard InChI is InChI=1S/C12H17BrN2O3S/c1-7(2)8(3)15-12(16)10-6-9(19(14,17)18)4-5-11(10)13/h4-8H,1-3H3,(H,15,16)(H2,14,17,18)/t8-/m0/s1. The van der Waals surface area contributed by atoms with E-state index >= 15 is 0 Å². The van der Waals surface area contributed by atoms with Crippen molar-refractivity contribution in [2.75, 3.05) is 0 Å². The van der Waals surface area contributed by atoms with E-state index < -0.39 is 10.0 Å². The molecule has 1 atom stereocenters. The van der Waals surface area contributed by atoms with Crippen LogP contribution in [0.1, 0.15) is 31.1 Å². The topological polar surface area (TPSA) is 89.3 Å². The van der Waals surface area contributed by atoms with Crippen molar-refractivity contribution in [1.29, 1.82) is 0 Å². The SMILES string of the molecule is CC(C)[C@H](C)NC(=O)c1cc(S(N)(=O)=O)ccc1Br. The summed E-state index contributed by atoms with van der Waals surface area (Å²) in [4.78, 5) is 12.0. The zero-order valence-electron chi connectivity index (χ0n) is 11.0. The van der Waals surface area contributed by atoms with E-state index in [0.29, 0.717) is 4.47 Å². The number of hydrogen-bond acceptors (Lipinski definition) is 3. The van der Waals surface area contributed by atoms with Crippen LogP contribution >= 0.6 is 15.9 Å². The minimum Gasteiger partial charge on any atom is -0.349 e. The van der Waals surface area contributed by atoms with E-state index in [1.807, 2.05) is 20.8 Å². The van der Waals surface area contributed by atoms with Crippen molar-refractivity contribution in [2.24, 2.45) is 11.1 Å². The number of sulfonamides is 1.